The molecular weight excluding hydrogens is 272 g/mol. The Balaban J connectivity index is 2.85. The lowest BCUT2D eigenvalue weighted by molar-refractivity contribution is -0.116. The van der Waals surface area contributed by atoms with Gasteiger partial charge in [-0.1, -0.05) is 12.1 Å². The molecule has 0 unspecified atom stereocenters. The highest BCUT2D eigenvalue weighted by Crippen LogP contribution is 2.28. The molecule has 1 N–H and O–H groups in total. The van der Waals surface area contributed by atoms with Gasteiger partial charge in [-0.25, -0.2) is 4.79 Å². The first-order chi connectivity index (χ1) is 9.95. The van der Waals surface area contributed by atoms with Crippen molar-refractivity contribution >= 4 is 17.7 Å². The molecule has 2 amide bonds. The second kappa shape index (κ2) is 8.14. The van der Waals surface area contributed by atoms with E-state index in [2.05, 4.69) is 10.1 Å². The number of methoxy groups -OCH3 is 1. The third-order valence-corrected chi connectivity index (χ3v) is 2.69. The summed E-state index contributed by atoms with van der Waals surface area (Å²) < 4.78 is 10.2. The number of para-hydroxylation sites is 2. The summed E-state index contributed by atoms with van der Waals surface area (Å²) in [4.78, 5) is 24.5. The maximum absolute atomic E-state index is 11.9. The van der Waals surface area contributed by atoms with Crippen LogP contribution in [-0.4, -0.2) is 38.3 Å². The Morgan fingerprint density at radius 2 is 1.95 bits per heavy atom. The van der Waals surface area contributed by atoms with E-state index in [1.807, 2.05) is 38.1 Å². The fraction of sp³-hybridized carbons (Fsp3) is 0.467. The van der Waals surface area contributed by atoms with Crippen molar-refractivity contribution in [2.45, 2.75) is 26.9 Å². The molecule has 0 aliphatic carbocycles. The van der Waals surface area contributed by atoms with Crippen molar-refractivity contribution in [3.8, 4) is 5.75 Å². The highest BCUT2D eigenvalue weighted by atomic mass is 16.5. The first kappa shape index (κ1) is 16.8. The molecule has 6 nitrogen and oxygen atoms in total. The quantitative estimate of drug-likeness (QED) is 0.873. The summed E-state index contributed by atoms with van der Waals surface area (Å²) >= 11 is 0. The van der Waals surface area contributed by atoms with Gasteiger partial charge in [0.1, 0.15) is 5.75 Å². The third-order valence-electron chi connectivity index (χ3n) is 2.69. The Morgan fingerprint density at radius 1 is 1.29 bits per heavy atom. The molecule has 116 valence electrons. The van der Waals surface area contributed by atoms with Gasteiger partial charge in [-0.15, -0.1) is 0 Å². The molecule has 0 atom stereocenters. The van der Waals surface area contributed by atoms with Gasteiger partial charge in [-0.05, 0) is 26.0 Å². The van der Waals surface area contributed by atoms with E-state index in [1.54, 1.807) is 4.90 Å². The topological polar surface area (TPSA) is 67.9 Å². The normalized spacial score (nSPS) is 10.1. The van der Waals surface area contributed by atoms with E-state index in [0.717, 1.165) is 0 Å². The maximum Gasteiger partial charge on any atom is 0.406 e. The number of ether oxygens (including phenoxy) is 2. The number of nitrogens with zero attached hydrogens (tertiary/aromatic N) is 1. The second-order valence-electron chi connectivity index (χ2n) is 4.72. The molecule has 0 saturated heterocycles. The van der Waals surface area contributed by atoms with E-state index in [4.69, 9.17) is 4.74 Å². The van der Waals surface area contributed by atoms with Crippen LogP contribution in [0.3, 0.4) is 0 Å². The second-order valence-corrected chi connectivity index (χ2v) is 4.72. The van der Waals surface area contributed by atoms with Crippen LogP contribution in [-0.2, 0) is 9.53 Å². The average molecular weight is 294 g/mol. The highest BCUT2D eigenvalue weighted by molar-refractivity contribution is 5.93. The molecule has 1 aromatic carbocycles. The summed E-state index contributed by atoms with van der Waals surface area (Å²) in [5, 5.41) is 2.55. The van der Waals surface area contributed by atoms with Crippen molar-refractivity contribution in [2.75, 3.05) is 25.1 Å². The van der Waals surface area contributed by atoms with E-state index < -0.39 is 6.09 Å². The van der Waals surface area contributed by atoms with E-state index in [1.165, 1.54) is 14.0 Å². The number of nitrogens with one attached hydrogen (secondary N) is 1. The van der Waals surface area contributed by atoms with Crippen LogP contribution in [0.15, 0.2) is 24.3 Å². The Kier molecular flexibility index (Phi) is 6.52. The number of anilines is 1. The summed E-state index contributed by atoms with van der Waals surface area (Å²) in [5.74, 6) is 0.516. The molecule has 0 radical (unpaired) electrons. The average Bonchev–Trinajstić information content (AvgIpc) is 2.43. The fourth-order valence-corrected chi connectivity index (χ4v) is 1.82. The molecule has 0 bridgehead atoms. The predicted octanol–water partition coefficient (Wildman–Crippen LogP) is 2.18. The van der Waals surface area contributed by atoms with Crippen LogP contribution in [0, 0.1) is 0 Å². The number of alkyl carbamates (subject to hydrolysis) is 1. The minimum Gasteiger partial charge on any atom is -0.489 e. The zero-order chi connectivity index (χ0) is 15.8. The smallest absolute Gasteiger partial charge is 0.406 e. The lowest BCUT2D eigenvalue weighted by Gasteiger charge is -2.24. The fourth-order valence-electron chi connectivity index (χ4n) is 1.82. The van der Waals surface area contributed by atoms with Gasteiger partial charge in [-0.3, -0.25) is 4.79 Å². The van der Waals surface area contributed by atoms with Gasteiger partial charge in [0, 0.05) is 20.0 Å². The maximum atomic E-state index is 11.9. The molecule has 21 heavy (non-hydrogen) atoms. The Bertz CT molecular complexity index is 488. The van der Waals surface area contributed by atoms with Gasteiger partial charge in [0.15, 0.2) is 0 Å². The largest absolute Gasteiger partial charge is 0.489 e. The summed E-state index contributed by atoms with van der Waals surface area (Å²) in [6.45, 7) is 5.96. The molecule has 0 saturated carbocycles. The van der Waals surface area contributed by atoms with Gasteiger partial charge in [0.05, 0.1) is 18.9 Å². The number of carbonyl (C=O) groups is 2. The summed E-state index contributed by atoms with van der Waals surface area (Å²) in [5.41, 5.74) is 0.686. The van der Waals surface area contributed by atoms with Gasteiger partial charge in [-0.2, -0.15) is 0 Å². The minimum absolute atomic E-state index is 0.00755. The zero-order valence-corrected chi connectivity index (χ0v) is 12.9. The Morgan fingerprint density at radius 3 is 2.52 bits per heavy atom. The summed E-state index contributed by atoms with van der Waals surface area (Å²) in [6, 6.07) is 7.33. The first-order valence-electron chi connectivity index (χ1n) is 6.81. The highest BCUT2D eigenvalue weighted by Gasteiger charge is 2.16. The molecule has 0 fully saturated rings. The van der Waals surface area contributed by atoms with E-state index in [0.29, 0.717) is 24.5 Å². The first-order valence-corrected chi connectivity index (χ1v) is 6.81. The van der Waals surface area contributed by atoms with Gasteiger partial charge >= 0.3 is 6.09 Å². The van der Waals surface area contributed by atoms with E-state index in [9.17, 15) is 9.59 Å². The van der Waals surface area contributed by atoms with Crippen molar-refractivity contribution in [2.24, 2.45) is 0 Å². The van der Waals surface area contributed by atoms with Crippen molar-refractivity contribution in [3.63, 3.8) is 0 Å². The number of hydrogen-bond acceptors (Lipinski definition) is 4. The standard InChI is InChI=1S/C15H22N2O4/c1-11(2)21-14-8-6-5-7-13(14)17(12(3)18)10-9-16-15(19)20-4/h5-8,11H,9-10H2,1-4H3,(H,16,19). The van der Waals surface area contributed by atoms with Crippen LogP contribution in [0.25, 0.3) is 0 Å². The van der Waals surface area contributed by atoms with Crippen LogP contribution >= 0.6 is 0 Å². The SMILES string of the molecule is COC(=O)NCCN(C(C)=O)c1ccccc1OC(C)C. The zero-order valence-electron chi connectivity index (χ0n) is 12.9. The molecule has 0 spiro atoms. The van der Waals surface area contributed by atoms with Gasteiger partial charge in [0.2, 0.25) is 5.91 Å². The van der Waals surface area contributed by atoms with Gasteiger partial charge in [0.25, 0.3) is 0 Å². The van der Waals surface area contributed by atoms with Crippen molar-refractivity contribution in [3.05, 3.63) is 24.3 Å². The van der Waals surface area contributed by atoms with Crippen LogP contribution in [0.2, 0.25) is 0 Å². The number of amides is 2. The predicted molar refractivity (Wildman–Crippen MR) is 80.6 cm³/mol. The molecule has 0 aliphatic heterocycles. The van der Waals surface area contributed by atoms with Crippen LogP contribution < -0.4 is 15.0 Å². The molecule has 1 rings (SSSR count). The van der Waals surface area contributed by atoms with E-state index in [-0.39, 0.29) is 12.0 Å². The monoisotopic (exact) mass is 294 g/mol. The molecule has 1 aromatic rings. The van der Waals surface area contributed by atoms with Crippen LogP contribution in [0.4, 0.5) is 10.5 Å². The van der Waals surface area contributed by atoms with E-state index >= 15 is 0 Å². The summed E-state index contributed by atoms with van der Waals surface area (Å²) in [6.07, 6.45) is -0.515. The number of hydrogen-bond donors (Lipinski definition) is 1. The number of benzene rings is 1. The summed E-state index contributed by atoms with van der Waals surface area (Å²) in [7, 11) is 1.30. The molecule has 6 heteroatoms. The third kappa shape index (κ3) is 5.33. The lowest BCUT2D eigenvalue weighted by atomic mass is 10.2. The number of rotatable bonds is 6. The molecular formula is C15H22N2O4. The van der Waals surface area contributed by atoms with Crippen molar-refractivity contribution in [1.29, 1.82) is 0 Å². The van der Waals surface area contributed by atoms with Crippen molar-refractivity contribution < 1.29 is 19.1 Å². The number of carbonyl (C=O) groups excluding carboxylic acids is 2. The molecule has 0 heterocycles. The van der Waals surface area contributed by atoms with Crippen LogP contribution in [0.1, 0.15) is 20.8 Å². The van der Waals surface area contributed by atoms with Crippen molar-refractivity contribution in [1.82, 2.24) is 5.32 Å². The van der Waals surface area contributed by atoms with Gasteiger partial charge < -0.3 is 19.7 Å². The Labute approximate surface area is 125 Å². The minimum atomic E-state index is -0.523. The molecule has 0 aliphatic rings. The Hall–Kier alpha value is -2.24. The lowest BCUT2D eigenvalue weighted by Crippen LogP contribution is -2.37. The molecule has 0 aromatic heterocycles. The van der Waals surface area contributed by atoms with Crippen LogP contribution in [0.5, 0.6) is 5.75 Å².